The fraction of sp³-hybridized carbons (Fsp3) is 0.143. The van der Waals surface area contributed by atoms with Crippen molar-refractivity contribution >= 4 is 43.2 Å². The quantitative estimate of drug-likeness (QED) is 0.512. The van der Waals surface area contributed by atoms with Gasteiger partial charge < -0.3 is 0 Å². The largest absolute Gasteiger partial charge is 0.271 e. The van der Waals surface area contributed by atoms with Crippen LogP contribution in [-0.4, -0.2) is 0 Å². The maximum absolute atomic E-state index is 5.33. The zero-order chi connectivity index (χ0) is 9.14. The smallest absolute Gasteiger partial charge is 0.0843 e. The van der Waals surface area contributed by atoms with Crippen LogP contribution in [0.4, 0.5) is 0 Å². The Morgan fingerprint density at radius 1 is 1.67 bits per heavy atom. The minimum atomic E-state index is 0.0256. The Morgan fingerprint density at radius 3 is 2.67 bits per heavy atom. The van der Waals surface area contributed by atoms with Crippen LogP contribution in [-0.2, 0) is 0 Å². The molecular formula is C7H8Br2N2S. The molecule has 3 N–H and O–H groups in total. The van der Waals surface area contributed by atoms with E-state index < -0.39 is 0 Å². The third-order valence-corrected chi connectivity index (χ3v) is 4.73. The van der Waals surface area contributed by atoms with E-state index in [1.54, 1.807) is 17.4 Å². The second kappa shape index (κ2) is 4.53. The molecule has 1 heterocycles. The monoisotopic (exact) mass is 310 g/mol. The van der Waals surface area contributed by atoms with Crippen molar-refractivity contribution in [1.29, 1.82) is 0 Å². The summed E-state index contributed by atoms with van der Waals surface area (Å²) in [4.78, 5) is 1.13. The molecule has 1 aromatic rings. The van der Waals surface area contributed by atoms with Gasteiger partial charge in [0.1, 0.15) is 0 Å². The summed E-state index contributed by atoms with van der Waals surface area (Å²) in [7, 11) is 0. The van der Waals surface area contributed by atoms with E-state index in [1.807, 2.05) is 6.07 Å². The standard InChI is InChI=1S/C7H8Br2N2S/c1-2-5(11-10)6-3-4(8)7(9)12-6/h2-3,5,11H,1,10H2. The topological polar surface area (TPSA) is 38.0 Å². The summed E-state index contributed by atoms with van der Waals surface area (Å²) in [6, 6.07) is 2.04. The lowest BCUT2D eigenvalue weighted by Gasteiger charge is -2.06. The van der Waals surface area contributed by atoms with E-state index in [0.29, 0.717) is 0 Å². The van der Waals surface area contributed by atoms with E-state index in [4.69, 9.17) is 5.84 Å². The van der Waals surface area contributed by atoms with Gasteiger partial charge in [0.15, 0.2) is 0 Å². The molecular weight excluding hydrogens is 304 g/mol. The van der Waals surface area contributed by atoms with Crippen molar-refractivity contribution in [3.63, 3.8) is 0 Å². The molecule has 0 aliphatic rings. The normalized spacial score (nSPS) is 12.9. The Balaban J connectivity index is 2.94. The first kappa shape index (κ1) is 10.4. The molecule has 0 aliphatic carbocycles. The Morgan fingerprint density at radius 2 is 2.33 bits per heavy atom. The molecule has 66 valence electrons. The SMILES string of the molecule is C=CC(NN)c1cc(Br)c(Br)s1. The zero-order valence-electron chi connectivity index (χ0n) is 6.18. The first-order valence-electron chi connectivity index (χ1n) is 3.22. The first-order chi connectivity index (χ1) is 5.69. The highest BCUT2D eigenvalue weighted by Gasteiger charge is 2.10. The summed E-state index contributed by atoms with van der Waals surface area (Å²) in [5, 5.41) is 0. The number of nitrogens with two attached hydrogens (primary N) is 1. The van der Waals surface area contributed by atoms with Gasteiger partial charge >= 0.3 is 0 Å². The van der Waals surface area contributed by atoms with Crippen LogP contribution in [0.2, 0.25) is 0 Å². The summed E-state index contributed by atoms with van der Waals surface area (Å²) >= 11 is 8.44. The lowest BCUT2D eigenvalue weighted by Crippen LogP contribution is -2.25. The molecule has 1 unspecified atom stereocenters. The van der Waals surface area contributed by atoms with Crippen molar-refractivity contribution in [2.75, 3.05) is 0 Å². The van der Waals surface area contributed by atoms with Crippen LogP contribution in [0.1, 0.15) is 10.9 Å². The van der Waals surface area contributed by atoms with Crippen LogP contribution in [0.15, 0.2) is 27.0 Å². The predicted octanol–water partition coefficient (Wildman–Crippen LogP) is 2.96. The van der Waals surface area contributed by atoms with E-state index in [-0.39, 0.29) is 6.04 Å². The maximum Gasteiger partial charge on any atom is 0.0843 e. The number of hydrogen-bond donors (Lipinski definition) is 2. The summed E-state index contributed by atoms with van der Waals surface area (Å²) in [5.41, 5.74) is 2.66. The predicted molar refractivity (Wildman–Crippen MR) is 60.0 cm³/mol. The number of hydrazine groups is 1. The van der Waals surface area contributed by atoms with Gasteiger partial charge in [0.2, 0.25) is 0 Å². The Labute approximate surface area is 92.1 Å². The van der Waals surface area contributed by atoms with Gasteiger partial charge in [-0.3, -0.25) is 5.84 Å². The summed E-state index contributed by atoms with van der Waals surface area (Å²) in [6.45, 7) is 3.68. The van der Waals surface area contributed by atoms with Gasteiger partial charge in [-0.2, -0.15) is 0 Å². The van der Waals surface area contributed by atoms with Gasteiger partial charge in [-0.15, -0.1) is 17.9 Å². The van der Waals surface area contributed by atoms with Crippen LogP contribution in [0.5, 0.6) is 0 Å². The van der Waals surface area contributed by atoms with E-state index >= 15 is 0 Å². The minimum Gasteiger partial charge on any atom is -0.271 e. The van der Waals surface area contributed by atoms with Gasteiger partial charge in [0, 0.05) is 9.35 Å². The summed E-state index contributed by atoms with van der Waals surface area (Å²) in [5.74, 6) is 5.33. The van der Waals surface area contributed by atoms with Crippen LogP contribution in [0.25, 0.3) is 0 Å². The average Bonchev–Trinajstić information content (AvgIpc) is 2.35. The number of thiophene rings is 1. The highest BCUT2D eigenvalue weighted by Crippen LogP contribution is 2.35. The number of rotatable bonds is 3. The molecule has 0 spiro atoms. The molecule has 0 saturated carbocycles. The fourth-order valence-electron chi connectivity index (χ4n) is 0.783. The third kappa shape index (κ3) is 2.17. The van der Waals surface area contributed by atoms with Gasteiger partial charge in [-0.1, -0.05) is 6.08 Å². The second-order valence-corrected chi connectivity index (χ2v) is 5.41. The molecule has 0 saturated heterocycles. The molecule has 0 amide bonds. The number of halogens is 2. The molecule has 1 atom stereocenters. The highest BCUT2D eigenvalue weighted by atomic mass is 79.9. The molecule has 2 nitrogen and oxygen atoms in total. The van der Waals surface area contributed by atoms with Crippen LogP contribution >= 0.6 is 43.2 Å². The molecule has 0 aliphatic heterocycles. The third-order valence-electron chi connectivity index (χ3n) is 1.39. The van der Waals surface area contributed by atoms with Crippen molar-refractivity contribution in [3.05, 3.63) is 31.9 Å². The fourth-order valence-corrected chi connectivity index (χ4v) is 2.93. The zero-order valence-corrected chi connectivity index (χ0v) is 10.2. The summed E-state index contributed by atoms with van der Waals surface area (Å²) < 4.78 is 2.12. The Bertz CT molecular complexity index is 265. The van der Waals surface area contributed by atoms with Gasteiger partial charge in [0.05, 0.1) is 9.83 Å². The molecule has 12 heavy (non-hydrogen) atoms. The maximum atomic E-state index is 5.33. The lowest BCUT2D eigenvalue weighted by molar-refractivity contribution is 0.666. The molecule has 0 bridgehead atoms. The molecule has 0 aromatic carbocycles. The molecule has 1 aromatic heterocycles. The van der Waals surface area contributed by atoms with Crippen LogP contribution < -0.4 is 11.3 Å². The van der Waals surface area contributed by atoms with Crippen molar-refractivity contribution < 1.29 is 0 Å². The number of hydrogen-bond acceptors (Lipinski definition) is 3. The van der Waals surface area contributed by atoms with Gasteiger partial charge in [-0.05, 0) is 37.9 Å². The van der Waals surface area contributed by atoms with Gasteiger partial charge in [0.25, 0.3) is 0 Å². The molecule has 0 fully saturated rings. The second-order valence-electron chi connectivity index (χ2n) is 2.15. The first-order valence-corrected chi connectivity index (χ1v) is 5.62. The summed E-state index contributed by atoms with van der Waals surface area (Å²) in [6.07, 6.45) is 1.77. The lowest BCUT2D eigenvalue weighted by atomic mass is 10.2. The van der Waals surface area contributed by atoms with E-state index in [2.05, 4.69) is 43.9 Å². The van der Waals surface area contributed by atoms with Crippen LogP contribution in [0, 0.1) is 0 Å². The van der Waals surface area contributed by atoms with Crippen molar-refractivity contribution in [2.24, 2.45) is 5.84 Å². The molecule has 5 heteroatoms. The van der Waals surface area contributed by atoms with Gasteiger partial charge in [-0.25, -0.2) is 5.43 Å². The molecule has 0 radical (unpaired) electrons. The van der Waals surface area contributed by atoms with Crippen molar-refractivity contribution in [1.82, 2.24) is 5.43 Å². The van der Waals surface area contributed by atoms with Crippen LogP contribution in [0.3, 0.4) is 0 Å². The van der Waals surface area contributed by atoms with E-state index in [0.717, 1.165) is 13.1 Å². The van der Waals surface area contributed by atoms with E-state index in [9.17, 15) is 0 Å². The van der Waals surface area contributed by atoms with Crippen molar-refractivity contribution in [2.45, 2.75) is 6.04 Å². The average molecular weight is 312 g/mol. The van der Waals surface area contributed by atoms with E-state index in [1.165, 1.54) is 0 Å². The minimum absolute atomic E-state index is 0.0256. The van der Waals surface area contributed by atoms with Crippen molar-refractivity contribution in [3.8, 4) is 0 Å². The Hall–Kier alpha value is 0.320. The number of nitrogens with one attached hydrogen (secondary N) is 1. The highest BCUT2D eigenvalue weighted by molar-refractivity contribution is 9.13. The Kier molecular flexibility index (Phi) is 3.92. The molecule has 1 rings (SSSR count).